The maximum Gasteiger partial charge on any atom is 0.281 e. The van der Waals surface area contributed by atoms with Crippen molar-refractivity contribution in [2.24, 2.45) is 7.05 Å². The van der Waals surface area contributed by atoms with Crippen LogP contribution in [0.2, 0.25) is 5.15 Å². The van der Waals surface area contributed by atoms with Crippen LogP contribution in [0.25, 0.3) is 10.9 Å². The number of aryl methyl sites for hydroxylation is 1. The van der Waals surface area contributed by atoms with Crippen LogP contribution >= 0.6 is 11.6 Å². The van der Waals surface area contributed by atoms with Gasteiger partial charge in [0.25, 0.3) is 10.0 Å². The first-order chi connectivity index (χ1) is 15.8. The summed E-state index contributed by atoms with van der Waals surface area (Å²) >= 11 is 5.99. The third-order valence-electron chi connectivity index (χ3n) is 4.85. The fraction of sp³-hybridized carbons (Fsp3) is 0.238. The Bertz CT molecular complexity index is 1350. The average Bonchev–Trinajstić information content (AvgIpc) is 3.39. The molecule has 0 bridgehead atoms. The first-order valence-electron chi connectivity index (χ1n) is 10.1. The van der Waals surface area contributed by atoms with Crippen LogP contribution in [0.5, 0.6) is 5.75 Å². The molecule has 12 heteroatoms. The molecular formula is C21H23ClN6O4S. The highest BCUT2D eigenvalue weighted by Gasteiger charge is 2.18. The van der Waals surface area contributed by atoms with E-state index in [2.05, 4.69) is 25.3 Å². The van der Waals surface area contributed by atoms with E-state index in [1.807, 2.05) is 12.1 Å². The Kier molecular flexibility index (Phi) is 6.84. The highest BCUT2D eigenvalue weighted by Crippen LogP contribution is 2.24. The molecule has 0 spiro atoms. The lowest BCUT2D eigenvalue weighted by Crippen LogP contribution is -2.26. The molecule has 0 fully saturated rings. The van der Waals surface area contributed by atoms with Crippen LogP contribution in [0.4, 0.5) is 5.69 Å². The van der Waals surface area contributed by atoms with Gasteiger partial charge in [-0.2, -0.15) is 18.6 Å². The van der Waals surface area contributed by atoms with Gasteiger partial charge in [-0.15, -0.1) is 0 Å². The van der Waals surface area contributed by atoms with Gasteiger partial charge in [-0.05, 0) is 35.9 Å². The van der Waals surface area contributed by atoms with Crippen LogP contribution in [-0.2, 0) is 17.1 Å². The summed E-state index contributed by atoms with van der Waals surface area (Å²) in [6.07, 6.45) is 0.724. The molecule has 2 heterocycles. The summed E-state index contributed by atoms with van der Waals surface area (Å²) in [4.78, 5) is 0. The molecule has 4 rings (SSSR count). The Labute approximate surface area is 195 Å². The third kappa shape index (κ3) is 5.63. The molecule has 4 N–H and O–H groups in total. The zero-order valence-corrected chi connectivity index (χ0v) is 19.3. The maximum absolute atomic E-state index is 12.4. The smallest absolute Gasteiger partial charge is 0.281 e. The van der Waals surface area contributed by atoms with Crippen LogP contribution in [0.1, 0.15) is 11.7 Å². The van der Waals surface area contributed by atoms with Gasteiger partial charge in [0.2, 0.25) is 0 Å². The number of aromatic amines is 1. The van der Waals surface area contributed by atoms with Crippen molar-refractivity contribution in [1.82, 2.24) is 25.3 Å². The van der Waals surface area contributed by atoms with Gasteiger partial charge in [0, 0.05) is 43.5 Å². The van der Waals surface area contributed by atoms with E-state index >= 15 is 0 Å². The first kappa shape index (κ1) is 23.1. The number of benzene rings is 2. The lowest BCUT2D eigenvalue weighted by Gasteiger charge is -2.14. The van der Waals surface area contributed by atoms with E-state index in [1.54, 1.807) is 43.6 Å². The lowest BCUT2D eigenvalue weighted by molar-refractivity contribution is 0.172. The summed E-state index contributed by atoms with van der Waals surface area (Å²) in [5.41, 5.74) is 1.64. The normalized spacial score (nSPS) is 12.7. The van der Waals surface area contributed by atoms with Gasteiger partial charge in [0.05, 0.1) is 11.6 Å². The molecule has 0 unspecified atom stereocenters. The molecule has 174 valence electrons. The van der Waals surface area contributed by atoms with Crippen molar-refractivity contribution in [3.8, 4) is 5.75 Å². The van der Waals surface area contributed by atoms with Crippen molar-refractivity contribution < 1.29 is 18.3 Å². The number of nitrogens with zero attached hydrogens (tertiary/aromatic N) is 3. The summed E-state index contributed by atoms with van der Waals surface area (Å²) in [5.74, 6) is 0.668. The Balaban J connectivity index is 1.26. The maximum atomic E-state index is 12.4. The molecule has 10 nitrogen and oxygen atoms in total. The van der Waals surface area contributed by atoms with Crippen molar-refractivity contribution in [3.63, 3.8) is 0 Å². The Morgan fingerprint density at radius 1 is 1.24 bits per heavy atom. The summed E-state index contributed by atoms with van der Waals surface area (Å²) in [6.45, 7) is 1.16. The number of nitrogens with one attached hydrogen (secondary N) is 3. The minimum absolute atomic E-state index is 0.0767. The number of aliphatic hydroxyl groups excluding tert-OH is 1. The highest BCUT2D eigenvalue weighted by atomic mass is 35.5. The molecule has 0 saturated heterocycles. The van der Waals surface area contributed by atoms with Crippen LogP contribution < -0.4 is 14.8 Å². The highest BCUT2D eigenvalue weighted by molar-refractivity contribution is 7.92. The second-order valence-corrected chi connectivity index (χ2v) is 9.35. The second-order valence-electron chi connectivity index (χ2n) is 7.34. The number of aliphatic hydroxyl groups is 1. The van der Waals surface area contributed by atoms with Gasteiger partial charge in [-0.25, -0.2) is 0 Å². The topological polar surface area (TPSA) is 134 Å². The van der Waals surface area contributed by atoms with Gasteiger partial charge < -0.3 is 15.2 Å². The molecule has 33 heavy (non-hydrogen) atoms. The van der Waals surface area contributed by atoms with Gasteiger partial charge in [-0.3, -0.25) is 14.5 Å². The van der Waals surface area contributed by atoms with Crippen LogP contribution in [0.15, 0.2) is 59.8 Å². The SMILES string of the molecule is Cn1ccc(S(=O)(=O)Nc2cccc([C@@H](O)CNCCOc3ccc4c(Cl)[nH]nc4c3)c2)n1. The standard InChI is InChI=1S/C21H23ClN6O4S/c1-28-9-7-20(26-28)33(30,31)27-15-4-2-3-14(11-15)19(29)13-23-8-10-32-16-5-6-17-18(12-16)24-25-21(17)22/h2-7,9,11-12,19,23,27,29H,8,10,13H2,1H3,(H,24,25)/t19-/m0/s1. The second kappa shape index (κ2) is 9.79. The summed E-state index contributed by atoms with van der Waals surface area (Å²) in [6, 6.07) is 13.5. The predicted octanol–water partition coefficient (Wildman–Crippen LogP) is 2.45. The number of fused-ring (bicyclic) bond motifs is 1. The largest absolute Gasteiger partial charge is 0.492 e. The van der Waals surface area contributed by atoms with Gasteiger partial charge in [-0.1, -0.05) is 23.7 Å². The molecule has 0 amide bonds. The summed E-state index contributed by atoms with van der Waals surface area (Å²) in [5, 5.41) is 25.6. The number of anilines is 1. The van der Waals surface area contributed by atoms with E-state index in [0.29, 0.717) is 35.3 Å². The third-order valence-corrected chi connectivity index (χ3v) is 6.41. The fourth-order valence-corrected chi connectivity index (χ4v) is 4.42. The minimum atomic E-state index is -3.81. The van der Waals surface area contributed by atoms with E-state index in [9.17, 15) is 13.5 Å². The zero-order chi connectivity index (χ0) is 23.4. The molecule has 0 saturated carbocycles. The van der Waals surface area contributed by atoms with Crippen molar-refractivity contribution in [1.29, 1.82) is 0 Å². The Morgan fingerprint density at radius 2 is 2.09 bits per heavy atom. The molecule has 0 aliphatic rings. The van der Waals surface area contributed by atoms with Gasteiger partial charge >= 0.3 is 0 Å². The zero-order valence-electron chi connectivity index (χ0n) is 17.7. The van der Waals surface area contributed by atoms with Crippen LogP contribution in [0, 0.1) is 0 Å². The molecular weight excluding hydrogens is 468 g/mol. The Morgan fingerprint density at radius 3 is 2.88 bits per heavy atom. The lowest BCUT2D eigenvalue weighted by atomic mass is 10.1. The number of H-pyrrole nitrogens is 1. The number of hydrogen-bond donors (Lipinski definition) is 4. The van der Waals surface area contributed by atoms with Crippen molar-refractivity contribution >= 4 is 38.2 Å². The average molecular weight is 491 g/mol. The van der Waals surface area contributed by atoms with E-state index in [0.717, 1.165) is 10.9 Å². The molecule has 4 aromatic rings. The van der Waals surface area contributed by atoms with Gasteiger partial charge in [0.1, 0.15) is 17.5 Å². The minimum Gasteiger partial charge on any atom is -0.492 e. The van der Waals surface area contributed by atoms with E-state index in [4.69, 9.17) is 16.3 Å². The molecule has 2 aromatic heterocycles. The van der Waals surface area contributed by atoms with Crippen LogP contribution in [0.3, 0.4) is 0 Å². The number of ether oxygens (including phenoxy) is 1. The van der Waals surface area contributed by atoms with E-state index in [-0.39, 0.29) is 11.6 Å². The van der Waals surface area contributed by atoms with Crippen molar-refractivity contribution in [2.75, 3.05) is 24.4 Å². The monoisotopic (exact) mass is 490 g/mol. The summed E-state index contributed by atoms with van der Waals surface area (Å²) in [7, 11) is -2.17. The summed E-state index contributed by atoms with van der Waals surface area (Å²) < 4.78 is 34.5. The van der Waals surface area contributed by atoms with Gasteiger partial charge in [0.15, 0.2) is 5.03 Å². The fourth-order valence-electron chi connectivity index (χ4n) is 3.20. The molecule has 2 aromatic carbocycles. The van der Waals surface area contributed by atoms with E-state index in [1.165, 1.54) is 10.7 Å². The quantitative estimate of drug-likeness (QED) is 0.251. The number of aromatic nitrogens is 4. The first-order valence-corrected chi connectivity index (χ1v) is 12.0. The molecule has 0 aliphatic heterocycles. The Hall–Kier alpha value is -3.12. The number of halogens is 1. The number of hydrogen-bond acceptors (Lipinski definition) is 7. The van der Waals surface area contributed by atoms with E-state index < -0.39 is 16.1 Å². The van der Waals surface area contributed by atoms with Crippen LogP contribution in [-0.4, -0.2) is 53.2 Å². The number of sulfonamides is 1. The predicted molar refractivity (Wildman–Crippen MR) is 125 cm³/mol. The van der Waals surface area contributed by atoms with Crippen molar-refractivity contribution in [3.05, 3.63) is 65.4 Å². The molecule has 0 radical (unpaired) electrons. The number of rotatable bonds is 10. The molecule has 0 aliphatic carbocycles. The molecule has 1 atom stereocenters. The van der Waals surface area contributed by atoms with Crippen molar-refractivity contribution in [2.45, 2.75) is 11.1 Å².